The van der Waals surface area contributed by atoms with E-state index in [4.69, 9.17) is 9.47 Å². The van der Waals surface area contributed by atoms with Gasteiger partial charge in [-0.25, -0.2) is 0 Å². The molecule has 2 saturated heterocycles. The van der Waals surface area contributed by atoms with Crippen molar-refractivity contribution in [3.05, 3.63) is 0 Å². The summed E-state index contributed by atoms with van der Waals surface area (Å²) in [6.07, 6.45) is 4.05. The first-order chi connectivity index (χ1) is 8.42. The molecule has 0 saturated carbocycles. The summed E-state index contributed by atoms with van der Waals surface area (Å²) in [6, 6.07) is 0.489. The molecule has 2 aliphatic heterocycles. The number of nitrogens with one attached hydrogen (secondary N) is 1. The van der Waals surface area contributed by atoms with Crippen LogP contribution in [-0.4, -0.2) is 50.0 Å². The average molecular weight is 259 g/mol. The van der Waals surface area contributed by atoms with Crippen LogP contribution in [0.5, 0.6) is 0 Å². The summed E-state index contributed by atoms with van der Waals surface area (Å²) in [5, 5.41) is 3.69. The number of rotatable bonds is 5. The first kappa shape index (κ1) is 13.7. The lowest BCUT2D eigenvalue weighted by Crippen LogP contribution is -2.51. The zero-order valence-electron chi connectivity index (χ0n) is 10.8. The summed E-state index contributed by atoms with van der Waals surface area (Å²) in [4.78, 5) is 0. The molecule has 100 valence electrons. The summed E-state index contributed by atoms with van der Waals surface area (Å²) in [5.41, 5.74) is 0. The molecular weight excluding hydrogens is 234 g/mol. The van der Waals surface area contributed by atoms with Gasteiger partial charge >= 0.3 is 0 Å². The molecule has 1 N–H and O–H groups in total. The van der Waals surface area contributed by atoms with Crippen LogP contribution in [0.4, 0.5) is 0 Å². The Kier molecular flexibility index (Phi) is 6.12. The van der Waals surface area contributed by atoms with Crippen LogP contribution in [0.1, 0.15) is 26.2 Å². The molecule has 0 bridgehead atoms. The Balaban J connectivity index is 1.90. The predicted molar refractivity (Wildman–Crippen MR) is 72.7 cm³/mol. The zero-order chi connectivity index (χ0) is 11.9. The van der Waals surface area contributed by atoms with Gasteiger partial charge in [-0.1, -0.05) is 6.92 Å². The molecule has 2 rings (SSSR count). The van der Waals surface area contributed by atoms with E-state index in [0.29, 0.717) is 18.1 Å². The molecule has 4 heteroatoms. The van der Waals surface area contributed by atoms with Gasteiger partial charge in [-0.2, -0.15) is 11.8 Å². The van der Waals surface area contributed by atoms with E-state index in [1.165, 1.54) is 19.3 Å². The van der Waals surface area contributed by atoms with Gasteiger partial charge in [0.1, 0.15) is 0 Å². The van der Waals surface area contributed by atoms with E-state index in [1.807, 2.05) is 11.8 Å². The number of thioether (sulfide) groups is 1. The molecule has 3 unspecified atom stereocenters. The predicted octanol–water partition coefficient (Wildman–Crippen LogP) is 1.91. The van der Waals surface area contributed by atoms with Crippen molar-refractivity contribution in [1.29, 1.82) is 0 Å². The molecule has 2 heterocycles. The van der Waals surface area contributed by atoms with E-state index in [-0.39, 0.29) is 0 Å². The van der Waals surface area contributed by atoms with Gasteiger partial charge in [-0.15, -0.1) is 0 Å². The van der Waals surface area contributed by atoms with Crippen molar-refractivity contribution in [2.45, 2.75) is 38.3 Å². The quantitative estimate of drug-likeness (QED) is 0.817. The van der Waals surface area contributed by atoms with E-state index in [2.05, 4.69) is 12.2 Å². The van der Waals surface area contributed by atoms with Gasteiger partial charge in [0.25, 0.3) is 0 Å². The molecule has 0 aromatic rings. The summed E-state index contributed by atoms with van der Waals surface area (Å²) >= 11 is 2.02. The lowest BCUT2D eigenvalue weighted by molar-refractivity contribution is -0.0155. The van der Waals surface area contributed by atoms with E-state index in [0.717, 1.165) is 37.9 Å². The third kappa shape index (κ3) is 4.12. The number of ether oxygens (including phenoxy) is 2. The summed E-state index contributed by atoms with van der Waals surface area (Å²) in [7, 11) is 0. The monoisotopic (exact) mass is 259 g/mol. The number of hydrogen-bond acceptors (Lipinski definition) is 4. The third-order valence-corrected chi connectivity index (χ3v) is 4.60. The van der Waals surface area contributed by atoms with Crippen LogP contribution >= 0.6 is 11.8 Å². The topological polar surface area (TPSA) is 30.5 Å². The van der Waals surface area contributed by atoms with Crippen LogP contribution in [0.2, 0.25) is 0 Å². The summed E-state index contributed by atoms with van der Waals surface area (Å²) in [6.45, 7) is 6.07. The van der Waals surface area contributed by atoms with Gasteiger partial charge in [0.2, 0.25) is 0 Å². The van der Waals surface area contributed by atoms with Crippen molar-refractivity contribution < 1.29 is 9.47 Å². The first-order valence-electron chi connectivity index (χ1n) is 6.92. The molecule has 0 radical (unpaired) electrons. The lowest BCUT2D eigenvalue weighted by atomic mass is 9.90. The van der Waals surface area contributed by atoms with Gasteiger partial charge in [0.05, 0.1) is 19.3 Å². The highest BCUT2D eigenvalue weighted by Crippen LogP contribution is 2.25. The highest BCUT2D eigenvalue weighted by Gasteiger charge is 2.32. The van der Waals surface area contributed by atoms with Crippen molar-refractivity contribution in [3.8, 4) is 0 Å². The maximum Gasteiger partial charge on any atom is 0.0822 e. The van der Waals surface area contributed by atoms with Crippen molar-refractivity contribution in [2.75, 3.05) is 37.9 Å². The minimum absolute atomic E-state index is 0.381. The largest absolute Gasteiger partial charge is 0.381 e. The fraction of sp³-hybridized carbons (Fsp3) is 1.00. The van der Waals surface area contributed by atoms with Gasteiger partial charge in [-0.05, 0) is 25.8 Å². The van der Waals surface area contributed by atoms with Gasteiger partial charge < -0.3 is 14.8 Å². The molecule has 2 aliphatic rings. The molecule has 0 spiro atoms. The van der Waals surface area contributed by atoms with Crippen LogP contribution in [-0.2, 0) is 9.47 Å². The maximum absolute atomic E-state index is 5.95. The van der Waals surface area contributed by atoms with Crippen LogP contribution in [0.15, 0.2) is 0 Å². The second kappa shape index (κ2) is 7.62. The van der Waals surface area contributed by atoms with Crippen molar-refractivity contribution in [2.24, 2.45) is 5.92 Å². The van der Waals surface area contributed by atoms with Crippen molar-refractivity contribution in [1.82, 2.24) is 5.32 Å². The van der Waals surface area contributed by atoms with Gasteiger partial charge in [-0.3, -0.25) is 0 Å². The minimum Gasteiger partial charge on any atom is -0.381 e. The smallest absolute Gasteiger partial charge is 0.0822 e. The van der Waals surface area contributed by atoms with Gasteiger partial charge in [0.15, 0.2) is 0 Å². The normalized spacial score (nSPS) is 32.3. The van der Waals surface area contributed by atoms with Crippen LogP contribution < -0.4 is 5.32 Å². The van der Waals surface area contributed by atoms with Crippen LogP contribution in [0.25, 0.3) is 0 Å². The molecular formula is C13H25NO2S. The Labute approximate surface area is 109 Å². The van der Waals surface area contributed by atoms with Crippen molar-refractivity contribution >= 4 is 11.8 Å². The summed E-state index contributed by atoms with van der Waals surface area (Å²) in [5.74, 6) is 2.93. The van der Waals surface area contributed by atoms with Crippen LogP contribution in [0, 0.1) is 5.92 Å². The number of hydrogen-bond donors (Lipinski definition) is 1. The van der Waals surface area contributed by atoms with Crippen LogP contribution in [0.3, 0.4) is 0 Å². The molecule has 2 fully saturated rings. The Bertz CT molecular complexity index is 186. The molecule has 0 aromatic heterocycles. The third-order valence-electron chi connectivity index (χ3n) is 3.58. The molecule has 17 heavy (non-hydrogen) atoms. The Morgan fingerprint density at radius 1 is 1.41 bits per heavy atom. The zero-order valence-corrected chi connectivity index (χ0v) is 11.6. The average Bonchev–Trinajstić information content (AvgIpc) is 2.42. The molecule has 3 nitrogen and oxygen atoms in total. The fourth-order valence-electron chi connectivity index (χ4n) is 2.67. The van der Waals surface area contributed by atoms with E-state index >= 15 is 0 Å². The van der Waals surface area contributed by atoms with E-state index < -0.39 is 0 Å². The molecule has 3 atom stereocenters. The minimum atomic E-state index is 0.381. The molecule has 0 aromatic carbocycles. The molecule has 0 amide bonds. The van der Waals surface area contributed by atoms with E-state index in [9.17, 15) is 0 Å². The Morgan fingerprint density at radius 3 is 3.00 bits per heavy atom. The Hall–Kier alpha value is 0.230. The van der Waals surface area contributed by atoms with E-state index in [1.54, 1.807) is 0 Å². The fourth-order valence-corrected chi connectivity index (χ4v) is 3.59. The SMILES string of the molecule is CCCNC(C1CCCOC1)C1CSCCO1. The highest BCUT2D eigenvalue weighted by molar-refractivity contribution is 7.99. The maximum atomic E-state index is 5.95. The highest BCUT2D eigenvalue weighted by atomic mass is 32.2. The second-order valence-corrected chi connectivity index (χ2v) is 6.09. The molecule has 0 aliphatic carbocycles. The van der Waals surface area contributed by atoms with Gasteiger partial charge in [0, 0.05) is 30.1 Å². The first-order valence-corrected chi connectivity index (χ1v) is 8.07. The summed E-state index contributed by atoms with van der Waals surface area (Å²) < 4.78 is 11.6. The van der Waals surface area contributed by atoms with Crippen molar-refractivity contribution in [3.63, 3.8) is 0 Å². The Morgan fingerprint density at radius 2 is 2.35 bits per heavy atom. The standard InChI is InChI=1S/C13H25NO2S/c1-2-5-14-13(11-4-3-6-15-9-11)12-10-17-8-7-16-12/h11-14H,2-10H2,1H3. The lowest BCUT2D eigenvalue weighted by Gasteiger charge is -2.37. The second-order valence-electron chi connectivity index (χ2n) is 4.94.